The van der Waals surface area contributed by atoms with Gasteiger partial charge in [0.1, 0.15) is 18.4 Å². The molecule has 0 aromatic carbocycles. The number of aldehydes is 1. The van der Waals surface area contributed by atoms with E-state index in [4.69, 9.17) is 5.11 Å². The van der Waals surface area contributed by atoms with Gasteiger partial charge in [-0.3, -0.25) is 14.4 Å². The van der Waals surface area contributed by atoms with E-state index in [0.29, 0.717) is 24.8 Å². The van der Waals surface area contributed by atoms with Crippen LogP contribution in [0.15, 0.2) is 12.2 Å². The van der Waals surface area contributed by atoms with Crippen molar-refractivity contribution >= 4 is 30.1 Å². The second-order valence-electron chi connectivity index (χ2n) is 7.66. The fourth-order valence-corrected chi connectivity index (χ4v) is 3.10. The first-order chi connectivity index (χ1) is 13.5. The molecule has 0 aromatic rings. The van der Waals surface area contributed by atoms with Gasteiger partial charge in [-0.1, -0.05) is 19.4 Å². The number of hydrogen-bond acceptors (Lipinski definition) is 5. The number of hydrogen-bond donors (Lipinski definition) is 5. The Morgan fingerprint density at radius 2 is 1.90 bits per heavy atom. The molecule has 162 valence electrons. The SMILES string of the molecule is C=C(C)C[C@H](NC(=O)[C@@H](NC(=O)O)C(C)C)C(=O)N[C@H](C=O)C[C@@H]1CCNC1=O. The van der Waals surface area contributed by atoms with Crippen LogP contribution in [0.3, 0.4) is 0 Å². The molecule has 0 spiro atoms. The van der Waals surface area contributed by atoms with E-state index in [2.05, 4.69) is 27.8 Å². The van der Waals surface area contributed by atoms with Gasteiger partial charge in [0.2, 0.25) is 17.7 Å². The molecule has 1 aliphatic heterocycles. The van der Waals surface area contributed by atoms with Gasteiger partial charge >= 0.3 is 6.09 Å². The summed E-state index contributed by atoms with van der Waals surface area (Å²) in [7, 11) is 0. The van der Waals surface area contributed by atoms with Crippen molar-refractivity contribution in [2.45, 2.75) is 58.2 Å². The molecule has 0 bridgehead atoms. The Kier molecular flexibility index (Phi) is 9.30. The Morgan fingerprint density at radius 1 is 1.24 bits per heavy atom. The lowest BCUT2D eigenvalue weighted by molar-refractivity contribution is -0.131. The largest absolute Gasteiger partial charge is 0.465 e. The third kappa shape index (κ3) is 7.92. The second kappa shape index (κ2) is 11.2. The maximum absolute atomic E-state index is 12.7. The molecule has 1 heterocycles. The van der Waals surface area contributed by atoms with Gasteiger partial charge in [0.05, 0.1) is 6.04 Å². The van der Waals surface area contributed by atoms with Crippen LogP contribution in [0, 0.1) is 11.8 Å². The summed E-state index contributed by atoms with van der Waals surface area (Å²) in [6.07, 6.45) is 0.0822. The van der Waals surface area contributed by atoms with Crippen LogP contribution in [0.4, 0.5) is 4.79 Å². The molecule has 4 atom stereocenters. The fraction of sp³-hybridized carbons (Fsp3) is 0.632. The predicted molar refractivity (Wildman–Crippen MR) is 105 cm³/mol. The number of carbonyl (C=O) groups is 5. The van der Waals surface area contributed by atoms with E-state index in [1.807, 2.05) is 0 Å². The van der Waals surface area contributed by atoms with E-state index in [1.54, 1.807) is 20.8 Å². The molecule has 5 N–H and O–H groups in total. The normalized spacial score (nSPS) is 18.9. The molecule has 0 aromatic heterocycles. The number of carbonyl (C=O) groups excluding carboxylic acids is 4. The first kappa shape index (κ1) is 24.1. The molecule has 0 aliphatic carbocycles. The van der Waals surface area contributed by atoms with Crippen molar-refractivity contribution < 1.29 is 29.1 Å². The van der Waals surface area contributed by atoms with Crippen molar-refractivity contribution in [2.75, 3.05) is 6.54 Å². The minimum Gasteiger partial charge on any atom is -0.465 e. The van der Waals surface area contributed by atoms with Gasteiger partial charge in [0.25, 0.3) is 0 Å². The summed E-state index contributed by atoms with van der Waals surface area (Å²) in [6, 6.07) is -2.95. The maximum Gasteiger partial charge on any atom is 0.405 e. The third-order valence-electron chi connectivity index (χ3n) is 4.61. The van der Waals surface area contributed by atoms with Gasteiger partial charge in [-0.2, -0.15) is 0 Å². The number of amides is 4. The van der Waals surface area contributed by atoms with E-state index < -0.39 is 36.0 Å². The predicted octanol–water partition coefficient (Wildman–Crippen LogP) is -0.0605. The number of carboxylic acid groups (broad SMARTS) is 1. The monoisotopic (exact) mass is 410 g/mol. The summed E-state index contributed by atoms with van der Waals surface area (Å²) in [4.78, 5) is 59.2. The summed E-state index contributed by atoms with van der Waals surface area (Å²) in [5.41, 5.74) is 0.621. The van der Waals surface area contributed by atoms with E-state index in [0.717, 1.165) is 0 Å². The highest BCUT2D eigenvalue weighted by Gasteiger charge is 2.31. The highest BCUT2D eigenvalue weighted by molar-refractivity contribution is 5.92. The number of nitrogens with one attached hydrogen (secondary N) is 4. The highest BCUT2D eigenvalue weighted by Crippen LogP contribution is 2.16. The molecule has 0 unspecified atom stereocenters. The van der Waals surface area contributed by atoms with Crippen LogP contribution in [0.2, 0.25) is 0 Å². The third-order valence-corrected chi connectivity index (χ3v) is 4.61. The Bertz CT molecular complexity index is 663. The van der Waals surface area contributed by atoms with Crippen LogP contribution in [0.1, 0.15) is 40.0 Å². The lowest BCUT2D eigenvalue weighted by Crippen LogP contribution is -2.56. The van der Waals surface area contributed by atoms with Gasteiger partial charge in [-0.05, 0) is 32.1 Å². The smallest absolute Gasteiger partial charge is 0.405 e. The quantitative estimate of drug-likeness (QED) is 0.237. The van der Waals surface area contributed by atoms with Crippen LogP contribution < -0.4 is 21.3 Å². The van der Waals surface area contributed by atoms with Crippen LogP contribution in [0.25, 0.3) is 0 Å². The zero-order valence-corrected chi connectivity index (χ0v) is 17.0. The molecule has 29 heavy (non-hydrogen) atoms. The Labute approximate surface area is 169 Å². The molecule has 0 saturated carbocycles. The Morgan fingerprint density at radius 3 is 2.34 bits per heavy atom. The molecule has 1 aliphatic rings. The lowest BCUT2D eigenvalue weighted by atomic mass is 9.98. The van der Waals surface area contributed by atoms with Crippen molar-refractivity contribution in [2.24, 2.45) is 11.8 Å². The second-order valence-corrected chi connectivity index (χ2v) is 7.66. The molecule has 4 amide bonds. The summed E-state index contributed by atoms with van der Waals surface area (Å²) in [6.45, 7) is 9.30. The topological polar surface area (TPSA) is 154 Å². The summed E-state index contributed by atoms with van der Waals surface area (Å²) >= 11 is 0. The molecular weight excluding hydrogens is 380 g/mol. The van der Waals surface area contributed by atoms with Crippen molar-refractivity contribution in [3.63, 3.8) is 0 Å². The maximum atomic E-state index is 12.7. The first-order valence-corrected chi connectivity index (χ1v) is 9.52. The van der Waals surface area contributed by atoms with Crippen LogP contribution in [-0.2, 0) is 19.2 Å². The van der Waals surface area contributed by atoms with Gasteiger partial charge < -0.3 is 31.2 Å². The molecule has 10 heteroatoms. The summed E-state index contributed by atoms with van der Waals surface area (Å²) in [5, 5.41) is 18.8. The standard InChI is InChI=1S/C19H30N4O6/c1-10(2)7-14(22-18(27)15(11(3)4)23-19(28)29)17(26)21-13(9-24)8-12-5-6-20-16(12)25/h9,11-15,23H,1,5-8H2,2-4H3,(H,20,25)(H,21,26)(H,22,27)(H,28,29)/t12-,13-,14-,15-/m0/s1. The molecule has 1 rings (SSSR count). The highest BCUT2D eigenvalue weighted by atomic mass is 16.4. The summed E-state index contributed by atoms with van der Waals surface area (Å²) < 4.78 is 0. The average Bonchev–Trinajstić information content (AvgIpc) is 3.02. The van der Waals surface area contributed by atoms with E-state index in [-0.39, 0.29) is 30.6 Å². The average molecular weight is 410 g/mol. The van der Waals surface area contributed by atoms with Gasteiger partial charge in [0.15, 0.2) is 0 Å². The van der Waals surface area contributed by atoms with E-state index in [1.165, 1.54) is 0 Å². The van der Waals surface area contributed by atoms with E-state index >= 15 is 0 Å². The van der Waals surface area contributed by atoms with Crippen LogP contribution in [-0.4, -0.2) is 59.9 Å². The fourth-order valence-electron chi connectivity index (χ4n) is 3.10. The van der Waals surface area contributed by atoms with Crippen LogP contribution >= 0.6 is 0 Å². The molecular formula is C19H30N4O6. The molecule has 1 fully saturated rings. The summed E-state index contributed by atoms with van der Waals surface area (Å²) in [5.74, 6) is -2.11. The minimum atomic E-state index is -1.35. The zero-order valence-electron chi connectivity index (χ0n) is 17.0. The molecule has 0 radical (unpaired) electrons. The van der Waals surface area contributed by atoms with Gasteiger partial charge in [0, 0.05) is 12.5 Å². The molecule has 10 nitrogen and oxygen atoms in total. The zero-order chi connectivity index (χ0) is 22.1. The Hall–Kier alpha value is -2.91. The van der Waals surface area contributed by atoms with Gasteiger partial charge in [-0.25, -0.2) is 4.79 Å². The minimum absolute atomic E-state index is 0.116. The van der Waals surface area contributed by atoms with Gasteiger partial charge in [-0.15, -0.1) is 6.58 Å². The molecule has 1 saturated heterocycles. The number of rotatable bonds is 11. The first-order valence-electron chi connectivity index (χ1n) is 9.52. The Balaban J connectivity index is 2.83. The van der Waals surface area contributed by atoms with Crippen molar-refractivity contribution in [1.29, 1.82) is 0 Å². The lowest BCUT2D eigenvalue weighted by Gasteiger charge is -2.25. The van der Waals surface area contributed by atoms with Crippen molar-refractivity contribution in [3.8, 4) is 0 Å². The van der Waals surface area contributed by atoms with Crippen LogP contribution in [0.5, 0.6) is 0 Å². The van der Waals surface area contributed by atoms with Crippen molar-refractivity contribution in [1.82, 2.24) is 21.3 Å². The van der Waals surface area contributed by atoms with E-state index in [9.17, 15) is 24.0 Å². The van der Waals surface area contributed by atoms with Crippen molar-refractivity contribution in [3.05, 3.63) is 12.2 Å².